The number of aromatic nitrogens is 1. The molecule has 0 unspecified atom stereocenters. The van der Waals surface area contributed by atoms with E-state index >= 15 is 0 Å². The fourth-order valence-corrected chi connectivity index (χ4v) is 4.20. The second kappa shape index (κ2) is 4.95. The van der Waals surface area contributed by atoms with Crippen molar-refractivity contribution in [1.82, 2.24) is 9.88 Å². The Kier molecular flexibility index (Phi) is 2.94. The summed E-state index contributed by atoms with van der Waals surface area (Å²) in [5.41, 5.74) is -0.305. The Morgan fingerprint density at radius 3 is 2.79 bits per heavy atom. The summed E-state index contributed by atoms with van der Waals surface area (Å²) in [6.45, 7) is 1.11. The van der Waals surface area contributed by atoms with Gasteiger partial charge in [-0.15, -0.1) is 0 Å². The first kappa shape index (κ1) is 14.3. The third kappa shape index (κ3) is 1.74. The molecule has 4 aliphatic rings. The smallest absolute Gasteiger partial charge is 0.237 e. The quantitative estimate of drug-likeness (QED) is 0.585. The van der Waals surface area contributed by atoms with Gasteiger partial charge in [-0.2, -0.15) is 0 Å². The van der Waals surface area contributed by atoms with Crippen molar-refractivity contribution in [3.63, 3.8) is 0 Å². The topological polar surface area (TPSA) is 78.0 Å². The van der Waals surface area contributed by atoms with E-state index in [-0.39, 0.29) is 18.4 Å². The number of hydrogen-bond acceptors (Lipinski definition) is 6. The third-order valence-electron chi connectivity index (χ3n) is 5.21. The highest BCUT2D eigenvalue weighted by Gasteiger charge is 2.71. The van der Waals surface area contributed by atoms with Crippen molar-refractivity contribution < 1.29 is 23.8 Å². The number of imide groups is 1. The number of rotatable bonds is 3. The lowest BCUT2D eigenvalue weighted by Gasteiger charge is -2.32. The number of carbonyl (C=O) groups is 2. The minimum Gasteiger partial charge on any atom is -0.357 e. The van der Waals surface area contributed by atoms with E-state index in [0.29, 0.717) is 18.9 Å². The summed E-state index contributed by atoms with van der Waals surface area (Å²) >= 11 is 0. The standard InChI is InChI=1S/C17H16N2O5/c20-14-12-11-4-5-17(24-11,16-22-7-8-23-16)13(12)15(21)19(14)9-10-3-1-2-6-18-10/h1-6,11-13,16H,7-9H2/t11-,12+,13-,17-/m1/s1. The van der Waals surface area contributed by atoms with Gasteiger partial charge in [0.05, 0.1) is 43.4 Å². The Hall–Kier alpha value is -2.09. The maximum atomic E-state index is 13.0. The summed E-state index contributed by atoms with van der Waals surface area (Å²) in [7, 11) is 0. The average molecular weight is 328 g/mol. The van der Waals surface area contributed by atoms with E-state index in [1.54, 1.807) is 18.3 Å². The van der Waals surface area contributed by atoms with Crippen LogP contribution in [0.4, 0.5) is 0 Å². The van der Waals surface area contributed by atoms with Crippen LogP contribution in [0.15, 0.2) is 36.5 Å². The molecule has 124 valence electrons. The van der Waals surface area contributed by atoms with Crippen LogP contribution in [0, 0.1) is 11.8 Å². The number of pyridine rings is 1. The van der Waals surface area contributed by atoms with Crippen LogP contribution in [0.1, 0.15) is 5.69 Å². The van der Waals surface area contributed by atoms with E-state index in [1.807, 2.05) is 18.2 Å². The van der Waals surface area contributed by atoms with Crippen LogP contribution in [0.5, 0.6) is 0 Å². The highest BCUT2D eigenvalue weighted by atomic mass is 16.7. The zero-order valence-corrected chi connectivity index (χ0v) is 12.8. The molecule has 2 bridgehead atoms. The van der Waals surface area contributed by atoms with Crippen molar-refractivity contribution in [3.8, 4) is 0 Å². The molecule has 1 aromatic heterocycles. The third-order valence-corrected chi connectivity index (χ3v) is 5.21. The molecule has 4 aliphatic heterocycles. The molecule has 0 saturated carbocycles. The van der Waals surface area contributed by atoms with Crippen molar-refractivity contribution >= 4 is 11.8 Å². The number of amides is 2. The zero-order chi connectivity index (χ0) is 16.3. The lowest BCUT2D eigenvalue weighted by molar-refractivity contribution is -0.183. The number of fused-ring (bicyclic) bond motifs is 5. The average Bonchev–Trinajstić information content (AvgIpc) is 3.36. The molecule has 3 fully saturated rings. The summed E-state index contributed by atoms with van der Waals surface area (Å²) in [4.78, 5) is 31.3. The normalized spacial score (nSPS) is 37.7. The van der Waals surface area contributed by atoms with Gasteiger partial charge < -0.3 is 14.2 Å². The van der Waals surface area contributed by atoms with Gasteiger partial charge in [-0.1, -0.05) is 12.1 Å². The van der Waals surface area contributed by atoms with Crippen molar-refractivity contribution in [2.75, 3.05) is 13.2 Å². The Bertz CT molecular complexity index is 730. The predicted molar refractivity (Wildman–Crippen MR) is 79.2 cm³/mol. The van der Waals surface area contributed by atoms with E-state index < -0.39 is 29.8 Å². The molecule has 0 aliphatic carbocycles. The SMILES string of the molecule is O=C1[C@H]2[C@H]3C=C[C@@](C4OCCO4)(O3)[C@H]2C(=O)N1Cc1ccccn1. The highest BCUT2D eigenvalue weighted by molar-refractivity contribution is 6.07. The molecule has 0 radical (unpaired) electrons. The molecule has 2 amide bonds. The van der Waals surface area contributed by atoms with Crippen molar-refractivity contribution in [3.05, 3.63) is 42.2 Å². The molecular weight excluding hydrogens is 312 g/mol. The number of ether oxygens (including phenoxy) is 3. The van der Waals surface area contributed by atoms with Gasteiger partial charge >= 0.3 is 0 Å². The van der Waals surface area contributed by atoms with Crippen LogP contribution in [-0.4, -0.2) is 52.9 Å². The zero-order valence-electron chi connectivity index (χ0n) is 12.8. The van der Waals surface area contributed by atoms with E-state index in [4.69, 9.17) is 14.2 Å². The van der Waals surface area contributed by atoms with E-state index in [1.165, 1.54) is 4.90 Å². The van der Waals surface area contributed by atoms with Gasteiger partial charge in [-0.3, -0.25) is 19.5 Å². The molecule has 5 rings (SSSR count). The Labute approximate surface area is 138 Å². The summed E-state index contributed by atoms with van der Waals surface area (Å²) in [5, 5.41) is 0. The minimum atomic E-state index is -0.989. The number of likely N-dealkylation sites (tertiary alicyclic amines) is 1. The van der Waals surface area contributed by atoms with Crippen LogP contribution in [0.2, 0.25) is 0 Å². The van der Waals surface area contributed by atoms with Gasteiger partial charge in [0.2, 0.25) is 11.8 Å². The lowest BCUT2D eigenvalue weighted by atomic mass is 9.76. The molecule has 24 heavy (non-hydrogen) atoms. The second-order valence-electron chi connectivity index (χ2n) is 6.46. The number of nitrogens with zero attached hydrogens (tertiary/aromatic N) is 2. The first-order chi connectivity index (χ1) is 11.7. The Morgan fingerprint density at radius 1 is 1.21 bits per heavy atom. The summed E-state index contributed by atoms with van der Waals surface area (Å²) in [6.07, 6.45) is 4.30. The molecule has 3 saturated heterocycles. The van der Waals surface area contributed by atoms with Gasteiger partial charge in [0.25, 0.3) is 0 Å². The molecule has 0 spiro atoms. The largest absolute Gasteiger partial charge is 0.357 e. The van der Waals surface area contributed by atoms with Crippen molar-refractivity contribution in [2.24, 2.45) is 11.8 Å². The molecule has 5 heterocycles. The molecule has 7 nitrogen and oxygen atoms in total. The summed E-state index contributed by atoms with van der Waals surface area (Å²) in [5.74, 6) is -1.53. The molecular formula is C17H16N2O5. The fourth-order valence-electron chi connectivity index (χ4n) is 4.20. The predicted octanol–water partition coefficient (Wildman–Crippen LogP) is 0.263. The minimum absolute atomic E-state index is 0.181. The molecule has 4 atom stereocenters. The van der Waals surface area contributed by atoms with Crippen LogP contribution < -0.4 is 0 Å². The van der Waals surface area contributed by atoms with Crippen molar-refractivity contribution in [1.29, 1.82) is 0 Å². The van der Waals surface area contributed by atoms with E-state index in [0.717, 1.165) is 0 Å². The fraction of sp³-hybridized carbons (Fsp3) is 0.471. The number of carbonyl (C=O) groups excluding carboxylic acids is 2. The van der Waals surface area contributed by atoms with Crippen molar-refractivity contribution in [2.45, 2.75) is 24.5 Å². The van der Waals surface area contributed by atoms with Gasteiger partial charge in [0, 0.05) is 6.20 Å². The second-order valence-corrected chi connectivity index (χ2v) is 6.46. The van der Waals surface area contributed by atoms with Crippen LogP contribution in [0.3, 0.4) is 0 Å². The lowest BCUT2D eigenvalue weighted by Crippen LogP contribution is -2.49. The Morgan fingerprint density at radius 2 is 2.04 bits per heavy atom. The maximum absolute atomic E-state index is 13.0. The molecule has 1 aromatic rings. The molecule has 7 heteroatoms. The highest BCUT2D eigenvalue weighted by Crippen LogP contribution is 2.54. The van der Waals surface area contributed by atoms with E-state index in [9.17, 15) is 9.59 Å². The number of hydrogen-bond donors (Lipinski definition) is 0. The monoisotopic (exact) mass is 328 g/mol. The summed E-state index contributed by atoms with van der Waals surface area (Å²) < 4.78 is 17.2. The maximum Gasteiger partial charge on any atom is 0.237 e. The van der Waals surface area contributed by atoms with Gasteiger partial charge in [0.15, 0.2) is 11.9 Å². The van der Waals surface area contributed by atoms with Gasteiger partial charge in [-0.05, 0) is 18.2 Å². The van der Waals surface area contributed by atoms with Crippen LogP contribution in [0.25, 0.3) is 0 Å². The van der Waals surface area contributed by atoms with Crippen LogP contribution in [-0.2, 0) is 30.3 Å². The first-order valence-corrected chi connectivity index (χ1v) is 8.06. The van der Waals surface area contributed by atoms with Gasteiger partial charge in [0.1, 0.15) is 0 Å². The molecule has 0 N–H and O–H groups in total. The Balaban J connectivity index is 1.48. The van der Waals surface area contributed by atoms with E-state index in [2.05, 4.69) is 4.98 Å². The van der Waals surface area contributed by atoms with Gasteiger partial charge in [-0.25, -0.2) is 0 Å². The summed E-state index contributed by atoms with van der Waals surface area (Å²) in [6, 6.07) is 5.44. The first-order valence-electron chi connectivity index (χ1n) is 8.06. The molecule has 0 aromatic carbocycles. The van der Waals surface area contributed by atoms with Crippen LogP contribution >= 0.6 is 0 Å².